The van der Waals surface area contributed by atoms with Gasteiger partial charge in [-0.2, -0.15) is 18.0 Å². The minimum absolute atomic E-state index is 0.166. The number of aryl methyl sites for hydroxylation is 1. The third-order valence-electron chi connectivity index (χ3n) is 3.26. The monoisotopic (exact) mass is 372 g/mol. The Kier molecular flexibility index (Phi) is 4.04. The lowest BCUT2D eigenvalue weighted by Crippen LogP contribution is -2.18. The first-order chi connectivity index (χ1) is 11.2. The fraction of sp³-hybridized carbons (Fsp3) is 0.286. The van der Waals surface area contributed by atoms with E-state index in [9.17, 15) is 17.2 Å². The summed E-state index contributed by atoms with van der Waals surface area (Å²) in [5.74, 6) is -1.81. The molecular weight excluding hydrogens is 358 g/mol. The van der Waals surface area contributed by atoms with Crippen molar-refractivity contribution >= 4 is 32.0 Å². The van der Waals surface area contributed by atoms with Gasteiger partial charge in [0.2, 0.25) is 9.99 Å². The smallest absolute Gasteiger partial charge is 0.275 e. The molecule has 3 aromatic rings. The lowest BCUT2D eigenvalue weighted by atomic mass is 10.2. The quantitative estimate of drug-likeness (QED) is 0.762. The number of fused-ring (bicyclic) bond motifs is 1. The fourth-order valence-corrected chi connectivity index (χ4v) is 4.50. The SMILES string of the molecule is Cc1nn2c(S(=O)(=O)Nc3cc(F)ccc3F)c(C(C)C)nc2s1. The maximum Gasteiger partial charge on any atom is 0.281 e. The number of sulfonamides is 1. The molecule has 128 valence electrons. The minimum atomic E-state index is -4.21. The highest BCUT2D eigenvalue weighted by Crippen LogP contribution is 2.29. The van der Waals surface area contributed by atoms with Crippen LogP contribution in [0.4, 0.5) is 14.5 Å². The van der Waals surface area contributed by atoms with Crippen LogP contribution in [0.15, 0.2) is 23.2 Å². The van der Waals surface area contributed by atoms with Gasteiger partial charge in [0.25, 0.3) is 10.0 Å². The van der Waals surface area contributed by atoms with E-state index in [1.54, 1.807) is 20.8 Å². The molecule has 0 aliphatic heterocycles. The Hall–Kier alpha value is -2.07. The van der Waals surface area contributed by atoms with Crippen molar-refractivity contribution in [1.82, 2.24) is 14.6 Å². The van der Waals surface area contributed by atoms with Gasteiger partial charge < -0.3 is 0 Å². The molecule has 2 heterocycles. The van der Waals surface area contributed by atoms with Crippen LogP contribution >= 0.6 is 11.3 Å². The van der Waals surface area contributed by atoms with Gasteiger partial charge in [0.15, 0.2) is 0 Å². The van der Waals surface area contributed by atoms with Crippen LogP contribution in [0.25, 0.3) is 4.96 Å². The predicted molar refractivity (Wildman–Crippen MR) is 86.9 cm³/mol. The van der Waals surface area contributed by atoms with Crippen molar-refractivity contribution in [3.8, 4) is 0 Å². The third kappa shape index (κ3) is 2.86. The predicted octanol–water partition coefficient (Wildman–Crippen LogP) is 3.30. The highest BCUT2D eigenvalue weighted by molar-refractivity contribution is 7.92. The van der Waals surface area contributed by atoms with Gasteiger partial charge in [0.1, 0.15) is 16.6 Å². The highest BCUT2D eigenvalue weighted by Gasteiger charge is 2.29. The van der Waals surface area contributed by atoms with Crippen molar-refractivity contribution in [1.29, 1.82) is 0 Å². The van der Waals surface area contributed by atoms with E-state index in [1.165, 1.54) is 15.9 Å². The lowest BCUT2D eigenvalue weighted by Gasteiger charge is -2.10. The third-order valence-corrected chi connectivity index (χ3v) is 5.47. The zero-order valence-electron chi connectivity index (χ0n) is 13.0. The van der Waals surface area contributed by atoms with E-state index in [4.69, 9.17) is 0 Å². The van der Waals surface area contributed by atoms with E-state index in [1.807, 2.05) is 0 Å². The van der Waals surface area contributed by atoms with Crippen LogP contribution in [0.5, 0.6) is 0 Å². The normalized spacial score (nSPS) is 12.2. The number of hydrogen-bond donors (Lipinski definition) is 1. The summed E-state index contributed by atoms with van der Waals surface area (Å²) in [6, 6.07) is 2.55. The Balaban J connectivity index is 2.17. The van der Waals surface area contributed by atoms with Crippen LogP contribution < -0.4 is 4.72 Å². The second-order valence-corrected chi connectivity index (χ2v) is 8.26. The van der Waals surface area contributed by atoms with Gasteiger partial charge in [0.05, 0.1) is 11.4 Å². The molecule has 0 saturated heterocycles. The molecule has 1 aromatic carbocycles. The number of aromatic nitrogens is 3. The van der Waals surface area contributed by atoms with Gasteiger partial charge in [-0.05, 0) is 25.0 Å². The number of rotatable bonds is 4. The maximum atomic E-state index is 13.8. The van der Waals surface area contributed by atoms with E-state index in [0.717, 1.165) is 18.2 Å². The molecule has 0 radical (unpaired) electrons. The molecule has 3 rings (SSSR count). The molecule has 0 saturated carbocycles. The summed E-state index contributed by atoms with van der Waals surface area (Å²) in [5.41, 5.74) is -0.148. The first-order valence-corrected chi connectivity index (χ1v) is 9.33. The number of nitrogens with zero attached hydrogens (tertiary/aromatic N) is 3. The van der Waals surface area contributed by atoms with Crippen LogP contribution in [0.2, 0.25) is 0 Å². The largest absolute Gasteiger partial charge is 0.281 e. The Labute approximate surface area is 141 Å². The molecule has 0 amide bonds. The van der Waals surface area contributed by atoms with Crippen molar-refractivity contribution in [2.24, 2.45) is 0 Å². The average Bonchev–Trinajstić information content (AvgIpc) is 2.98. The number of nitrogens with one attached hydrogen (secondary N) is 1. The van der Waals surface area contributed by atoms with Crippen molar-refractivity contribution in [3.05, 3.63) is 40.5 Å². The lowest BCUT2D eigenvalue weighted by molar-refractivity contribution is 0.585. The Bertz CT molecular complexity index is 1020. The number of imidazole rings is 1. The first kappa shape index (κ1) is 16.8. The van der Waals surface area contributed by atoms with E-state index in [2.05, 4.69) is 14.8 Å². The van der Waals surface area contributed by atoms with E-state index < -0.39 is 27.3 Å². The number of hydrogen-bond acceptors (Lipinski definition) is 5. The summed E-state index contributed by atoms with van der Waals surface area (Å²) >= 11 is 1.25. The second kappa shape index (κ2) is 5.78. The summed E-state index contributed by atoms with van der Waals surface area (Å²) in [6.45, 7) is 5.31. The van der Waals surface area contributed by atoms with Crippen LogP contribution in [-0.4, -0.2) is 23.0 Å². The second-order valence-electron chi connectivity index (χ2n) is 5.50. The average molecular weight is 372 g/mol. The summed E-state index contributed by atoms with van der Waals surface area (Å²) < 4.78 is 55.9. The highest BCUT2D eigenvalue weighted by atomic mass is 32.2. The molecule has 0 bridgehead atoms. The maximum absolute atomic E-state index is 13.8. The molecule has 1 N–H and O–H groups in total. The summed E-state index contributed by atoms with van der Waals surface area (Å²) in [6.07, 6.45) is 0. The molecule has 0 aliphatic rings. The van der Waals surface area contributed by atoms with Gasteiger partial charge in [-0.1, -0.05) is 25.2 Å². The minimum Gasteiger partial charge on any atom is -0.275 e. The Morgan fingerprint density at radius 2 is 2.00 bits per heavy atom. The number of halogens is 2. The van der Waals surface area contributed by atoms with E-state index >= 15 is 0 Å². The Morgan fingerprint density at radius 3 is 2.67 bits per heavy atom. The van der Waals surface area contributed by atoms with Gasteiger partial charge in [-0.25, -0.2) is 13.8 Å². The van der Waals surface area contributed by atoms with Gasteiger partial charge >= 0.3 is 0 Å². The van der Waals surface area contributed by atoms with Gasteiger partial charge in [-0.15, -0.1) is 0 Å². The number of benzene rings is 1. The van der Waals surface area contributed by atoms with Gasteiger partial charge in [0, 0.05) is 6.07 Å². The van der Waals surface area contributed by atoms with Crippen molar-refractivity contribution in [3.63, 3.8) is 0 Å². The number of anilines is 1. The molecule has 0 spiro atoms. The summed E-state index contributed by atoms with van der Waals surface area (Å²) in [5, 5.41) is 4.62. The standard InChI is InChI=1S/C14H14F2N4O2S2/c1-7(2)12-13(20-14(17-12)23-8(3)18-20)24(21,22)19-11-6-9(15)4-5-10(11)16/h4-7,19H,1-3H3. The zero-order chi connectivity index (χ0) is 17.6. The van der Waals surface area contributed by atoms with Crippen molar-refractivity contribution < 1.29 is 17.2 Å². The zero-order valence-corrected chi connectivity index (χ0v) is 14.7. The summed E-state index contributed by atoms with van der Waals surface area (Å²) in [7, 11) is -4.21. The molecule has 6 nitrogen and oxygen atoms in total. The Morgan fingerprint density at radius 1 is 1.29 bits per heavy atom. The molecule has 2 aromatic heterocycles. The fourth-order valence-electron chi connectivity index (χ4n) is 2.24. The van der Waals surface area contributed by atoms with E-state index in [-0.39, 0.29) is 10.9 Å². The molecule has 0 unspecified atom stereocenters. The molecule has 10 heteroatoms. The molecule has 0 fully saturated rings. The van der Waals surface area contributed by atoms with Crippen LogP contribution in [0, 0.1) is 18.6 Å². The topological polar surface area (TPSA) is 76.4 Å². The van der Waals surface area contributed by atoms with Crippen molar-refractivity contribution in [2.45, 2.75) is 31.7 Å². The molecule has 0 aliphatic carbocycles. The van der Waals surface area contributed by atoms with Crippen molar-refractivity contribution in [2.75, 3.05) is 4.72 Å². The molecule has 0 atom stereocenters. The first-order valence-electron chi connectivity index (χ1n) is 7.03. The van der Waals surface area contributed by atoms with E-state index in [0.29, 0.717) is 15.7 Å². The summed E-state index contributed by atoms with van der Waals surface area (Å²) in [4.78, 5) is 4.74. The van der Waals surface area contributed by atoms with Crippen LogP contribution in [0.1, 0.15) is 30.5 Å². The molecular formula is C14H14F2N4O2S2. The molecule has 24 heavy (non-hydrogen) atoms. The van der Waals surface area contributed by atoms with Gasteiger partial charge in [-0.3, -0.25) is 4.72 Å². The van der Waals surface area contributed by atoms with Crippen LogP contribution in [-0.2, 0) is 10.0 Å². The van der Waals surface area contributed by atoms with Crippen LogP contribution in [0.3, 0.4) is 0 Å².